The Kier molecular flexibility index (Phi) is 5.45. The van der Waals surface area contributed by atoms with Crippen molar-refractivity contribution < 1.29 is 19.0 Å². The molecule has 0 amide bonds. The summed E-state index contributed by atoms with van der Waals surface area (Å²) in [4.78, 5) is 2.18. The molecule has 1 heterocycles. The van der Waals surface area contributed by atoms with Crippen molar-refractivity contribution in [3.05, 3.63) is 53.8 Å². The van der Waals surface area contributed by atoms with Gasteiger partial charge in [-0.3, -0.25) is 4.90 Å². The van der Waals surface area contributed by atoms with Crippen molar-refractivity contribution in [3.8, 4) is 16.9 Å². The molecule has 0 bridgehead atoms. The Labute approximate surface area is 141 Å². The van der Waals surface area contributed by atoms with Gasteiger partial charge in [0.2, 0.25) is 0 Å². The molecule has 4 nitrogen and oxygen atoms in total. The van der Waals surface area contributed by atoms with Crippen LogP contribution in [0.2, 0.25) is 0 Å². The molecular weight excluding hydrogens is 309 g/mol. The first kappa shape index (κ1) is 16.9. The lowest BCUT2D eigenvalue weighted by Gasteiger charge is -2.28. The number of rotatable bonds is 5. The van der Waals surface area contributed by atoms with Gasteiger partial charge in [0.15, 0.2) is 0 Å². The molecule has 0 aromatic heterocycles. The number of hydrogen-bond acceptors (Lipinski definition) is 4. The number of morpholine rings is 1. The fraction of sp³-hybridized carbons (Fsp3) is 0.368. The third-order valence-electron chi connectivity index (χ3n) is 4.31. The van der Waals surface area contributed by atoms with Gasteiger partial charge in [-0.05, 0) is 23.3 Å². The van der Waals surface area contributed by atoms with Crippen LogP contribution >= 0.6 is 0 Å². The third-order valence-corrected chi connectivity index (χ3v) is 4.31. The summed E-state index contributed by atoms with van der Waals surface area (Å²) in [7, 11) is 1.53. The Morgan fingerprint density at radius 2 is 1.88 bits per heavy atom. The maximum absolute atomic E-state index is 14.1. The third kappa shape index (κ3) is 3.75. The van der Waals surface area contributed by atoms with Crippen LogP contribution in [0.4, 0.5) is 4.39 Å². The van der Waals surface area contributed by atoms with Crippen molar-refractivity contribution in [3.63, 3.8) is 0 Å². The molecule has 2 aromatic carbocycles. The molecule has 3 rings (SSSR count). The zero-order valence-corrected chi connectivity index (χ0v) is 13.7. The van der Waals surface area contributed by atoms with Crippen LogP contribution in [0.5, 0.6) is 5.75 Å². The van der Waals surface area contributed by atoms with E-state index in [2.05, 4.69) is 4.90 Å². The quantitative estimate of drug-likeness (QED) is 0.915. The zero-order valence-electron chi connectivity index (χ0n) is 13.7. The number of aliphatic hydroxyl groups is 1. The van der Waals surface area contributed by atoms with Crippen molar-refractivity contribution >= 4 is 0 Å². The average Bonchev–Trinajstić information content (AvgIpc) is 2.62. The van der Waals surface area contributed by atoms with Gasteiger partial charge >= 0.3 is 0 Å². The number of aliphatic hydroxyl groups excluding tert-OH is 1. The van der Waals surface area contributed by atoms with Crippen LogP contribution in [0, 0.1) is 5.82 Å². The van der Waals surface area contributed by atoms with Crippen LogP contribution in [0.3, 0.4) is 0 Å². The van der Waals surface area contributed by atoms with Gasteiger partial charge in [-0.25, -0.2) is 4.39 Å². The summed E-state index contributed by atoms with van der Waals surface area (Å²) in [6.45, 7) is 3.66. The number of methoxy groups -OCH3 is 1. The monoisotopic (exact) mass is 331 g/mol. The predicted molar refractivity (Wildman–Crippen MR) is 90.6 cm³/mol. The van der Waals surface area contributed by atoms with Crippen LogP contribution in [0.25, 0.3) is 11.1 Å². The lowest BCUT2D eigenvalue weighted by atomic mass is 10.0. The van der Waals surface area contributed by atoms with E-state index in [1.54, 1.807) is 12.1 Å². The first-order chi connectivity index (χ1) is 11.7. The van der Waals surface area contributed by atoms with E-state index < -0.39 is 6.10 Å². The van der Waals surface area contributed by atoms with Gasteiger partial charge in [0, 0.05) is 19.6 Å². The fourth-order valence-corrected chi connectivity index (χ4v) is 2.96. The maximum atomic E-state index is 14.1. The molecule has 0 spiro atoms. The van der Waals surface area contributed by atoms with Crippen molar-refractivity contribution in [2.45, 2.75) is 6.10 Å². The summed E-state index contributed by atoms with van der Waals surface area (Å²) < 4.78 is 24.7. The SMILES string of the molecule is COc1cccc(F)c1-c1ccc([C@H](O)CN2CCOCC2)cc1. The van der Waals surface area contributed by atoms with Gasteiger partial charge in [0.05, 0.1) is 32.0 Å². The molecule has 0 radical (unpaired) electrons. The molecular formula is C19H22FNO3. The number of benzene rings is 2. The molecule has 2 aromatic rings. The number of hydrogen-bond donors (Lipinski definition) is 1. The normalized spacial score (nSPS) is 16.8. The second-order valence-electron chi connectivity index (χ2n) is 5.87. The molecule has 0 saturated carbocycles. The molecule has 1 saturated heterocycles. The van der Waals surface area contributed by atoms with Crippen LogP contribution < -0.4 is 4.74 Å². The maximum Gasteiger partial charge on any atom is 0.134 e. The van der Waals surface area contributed by atoms with Gasteiger partial charge in [0.25, 0.3) is 0 Å². The largest absolute Gasteiger partial charge is 0.496 e. The highest BCUT2D eigenvalue weighted by molar-refractivity contribution is 5.71. The average molecular weight is 331 g/mol. The molecule has 0 aliphatic carbocycles. The molecule has 1 aliphatic rings. The van der Waals surface area contributed by atoms with E-state index in [-0.39, 0.29) is 5.82 Å². The Morgan fingerprint density at radius 3 is 2.54 bits per heavy atom. The van der Waals surface area contributed by atoms with E-state index in [4.69, 9.17) is 9.47 Å². The molecule has 1 fully saturated rings. The minimum atomic E-state index is -0.570. The molecule has 5 heteroatoms. The highest BCUT2D eigenvalue weighted by Gasteiger charge is 2.17. The van der Waals surface area contributed by atoms with Crippen LogP contribution in [0.1, 0.15) is 11.7 Å². The number of halogens is 1. The van der Waals surface area contributed by atoms with Crippen LogP contribution in [0.15, 0.2) is 42.5 Å². The molecule has 0 unspecified atom stereocenters. The number of β-amino-alcohol motifs (C(OH)–C–C–N with tert-alkyl or cyclic N) is 1. The highest BCUT2D eigenvalue weighted by atomic mass is 19.1. The standard InChI is InChI=1S/C19H22FNO3/c1-23-18-4-2-3-16(20)19(18)15-7-5-14(6-8-15)17(22)13-21-9-11-24-12-10-21/h2-8,17,22H,9-13H2,1H3/t17-/m1/s1. The second-order valence-corrected chi connectivity index (χ2v) is 5.87. The molecule has 128 valence electrons. The predicted octanol–water partition coefficient (Wildman–Crippen LogP) is 2.87. The smallest absolute Gasteiger partial charge is 0.134 e. The van der Waals surface area contributed by atoms with E-state index in [1.807, 2.05) is 24.3 Å². The van der Waals surface area contributed by atoms with E-state index in [0.29, 0.717) is 31.1 Å². The number of nitrogens with zero attached hydrogens (tertiary/aromatic N) is 1. The van der Waals surface area contributed by atoms with Gasteiger partial charge in [0.1, 0.15) is 11.6 Å². The van der Waals surface area contributed by atoms with E-state index in [1.165, 1.54) is 13.2 Å². The molecule has 1 aliphatic heterocycles. The van der Waals surface area contributed by atoms with Crippen LogP contribution in [-0.4, -0.2) is 50.0 Å². The summed E-state index contributed by atoms with van der Waals surface area (Å²) in [6, 6.07) is 12.1. The van der Waals surface area contributed by atoms with Gasteiger partial charge in [-0.15, -0.1) is 0 Å². The summed E-state index contributed by atoms with van der Waals surface area (Å²) in [5, 5.41) is 10.4. The van der Waals surface area contributed by atoms with Crippen molar-refractivity contribution in [1.29, 1.82) is 0 Å². The van der Waals surface area contributed by atoms with Crippen molar-refractivity contribution in [1.82, 2.24) is 4.90 Å². The lowest BCUT2D eigenvalue weighted by Crippen LogP contribution is -2.38. The van der Waals surface area contributed by atoms with Crippen LogP contribution in [-0.2, 0) is 4.74 Å². The Balaban J connectivity index is 1.76. The second kappa shape index (κ2) is 7.75. The zero-order chi connectivity index (χ0) is 16.9. The Bertz CT molecular complexity index is 669. The fourth-order valence-electron chi connectivity index (χ4n) is 2.96. The summed E-state index contributed by atoms with van der Waals surface area (Å²) in [5.74, 6) is 0.174. The van der Waals surface area contributed by atoms with Gasteiger partial charge < -0.3 is 14.6 Å². The summed E-state index contributed by atoms with van der Waals surface area (Å²) in [6.07, 6.45) is -0.570. The van der Waals surface area contributed by atoms with E-state index >= 15 is 0 Å². The molecule has 1 atom stereocenters. The van der Waals surface area contributed by atoms with Gasteiger partial charge in [-0.2, -0.15) is 0 Å². The van der Waals surface area contributed by atoms with Crippen molar-refractivity contribution in [2.75, 3.05) is 40.0 Å². The highest BCUT2D eigenvalue weighted by Crippen LogP contribution is 2.33. The lowest BCUT2D eigenvalue weighted by molar-refractivity contribution is 0.0143. The first-order valence-electron chi connectivity index (χ1n) is 8.10. The van der Waals surface area contributed by atoms with Crippen molar-refractivity contribution in [2.24, 2.45) is 0 Å². The first-order valence-corrected chi connectivity index (χ1v) is 8.10. The Morgan fingerprint density at radius 1 is 1.17 bits per heavy atom. The topological polar surface area (TPSA) is 41.9 Å². The summed E-state index contributed by atoms with van der Waals surface area (Å²) >= 11 is 0. The van der Waals surface area contributed by atoms with E-state index in [0.717, 1.165) is 24.2 Å². The van der Waals surface area contributed by atoms with Gasteiger partial charge in [-0.1, -0.05) is 30.3 Å². The minimum Gasteiger partial charge on any atom is -0.496 e. The molecule has 24 heavy (non-hydrogen) atoms. The Hall–Kier alpha value is -1.95. The minimum absolute atomic E-state index is 0.323. The van der Waals surface area contributed by atoms with E-state index in [9.17, 15) is 9.50 Å². The summed E-state index contributed by atoms with van der Waals surface area (Å²) in [5.41, 5.74) is 1.99. The number of ether oxygens (including phenoxy) is 2. The molecule has 1 N–H and O–H groups in total.